The number of hydrogen-bond donors (Lipinski definition) is 2. The lowest BCUT2D eigenvalue weighted by molar-refractivity contribution is -0.885. The van der Waals surface area contributed by atoms with Crippen LogP contribution in [0.5, 0.6) is 5.75 Å². The summed E-state index contributed by atoms with van der Waals surface area (Å²) >= 11 is 0. The third-order valence-corrected chi connectivity index (χ3v) is 3.90. The Labute approximate surface area is 150 Å². The molecule has 0 heterocycles. The van der Waals surface area contributed by atoms with Gasteiger partial charge in [0.15, 0.2) is 6.54 Å². The third-order valence-electron chi connectivity index (χ3n) is 3.90. The van der Waals surface area contributed by atoms with Crippen molar-refractivity contribution in [2.75, 3.05) is 20.7 Å². The molecule has 1 atom stereocenters. The second-order valence-corrected chi connectivity index (χ2v) is 6.13. The zero-order valence-corrected chi connectivity index (χ0v) is 14.7. The Morgan fingerprint density at radius 3 is 2.15 bits per heavy atom. The van der Waals surface area contributed by atoms with E-state index in [0.29, 0.717) is 13.1 Å². The van der Waals surface area contributed by atoms with Gasteiger partial charge in [0.05, 0.1) is 19.7 Å². The zero-order valence-electron chi connectivity index (χ0n) is 14.7. The number of hydrogen-bond acceptors (Lipinski definition) is 2. The molecule has 26 heavy (non-hydrogen) atoms. The van der Waals surface area contributed by atoms with Crippen molar-refractivity contribution >= 4 is 5.91 Å². The molecule has 0 saturated carbocycles. The number of likely N-dealkylation sites (N-methyl/N-ethyl adjacent to an activating group) is 1. The molecule has 1 unspecified atom stereocenters. The van der Waals surface area contributed by atoms with Gasteiger partial charge in [0.2, 0.25) is 0 Å². The summed E-state index contributed by atoms with van der Waals surface area (Å²) in [6, 6.07) is 12.4. The predicted molar refractivity (Wildman–Crippen MR) is 91.7 cm³/mol. The van der Waals surface area contributed by atoms with E-state index in [4.69, 9.17) is 4.74 Å². The quantitative estimate of drug-likeness (QED) is 0.787. The fourth-order valence-corrected chi connectivity index (χ4v) is 2.50. The second kappa shape index (κ2) is 8.71. The van der Waals surface area contributed by atoms with Gasteiger partial charge in [-0.1, -0.05) is 24.3 Å². The van der Waals surface area contributed by atoms with Crippen molar-refractivity contribution in [1.29, 1.82) is 0 Å². The Morgan fingerprint density at radius 2 is 1.62 bits per heavy atom. The fraction of sp³-hybridized carbons (Fsp3) is 0.316. The largest absolute Gasteiger partial charge is 0.497 e. The van der Waals surface area contributed by atoms with Gasteiger partial charge < -0.3 is 15.0 Å². The molecule has 2 aromatic rings. The summed E-state index contributed by atoms with van der Waals surface area (Å²) in [5.41, 5.74) is 1.04. The lowest BCUT2D eigenvalue weighted by Gasteiger charge is -2.14. The van der Waals surface area contributed by atoms with Crippen LogP contribution < -0.4 is 15.0 Å². The van der Waals surface area contributed by atoms with Crippen LogP contribution >= 0.6 is 0 Å². The average Bonchev–Trinajstić information content (AvgIpc) is 2.60. The van der Waals surface area contributed by atoms with Gasteiger partial charge >= 0.3 is 6.18 Å². The van der Waals surface area contributed by atoms with Gasteiger partial charge in [-0.15, -0.1) is 0 Å². The molecule has 0 radical (unpaired) electrons. The number of halogens is 3. The van der Waals surface area contributed by atoms with Crippen LogP contribution in [0.25, 0.3) is 0 Å². The summed E-state index contributed by atoms with van der Waals surface area (Å²) in [5, 5.41) is 2.83. The molecule has 2 rings (SSSR count). The first kappa shape index (κ1) is 19.8. The molecular formula is C19H22F3N2O2+. The van der Waals surface area contributed by atoms with Crippen LogP contribution in [0, 0.1) is 0 Å². The summed E-state index contributed by atoms with van der Waals surface area (Å²) in [6.07, 6.45) is -4.33. The van der Waals surface area contributed by atoms with Gasteiger partial charge in [-0.05, 0) is 29.8 Å². The van der Waals surface area contributed by atoms with Gasteiger partial charge in [0.25, 0.3) is 5.91 Å². The van der Waals surface area contributed by atoms with E-state index in [1.165, 1.54) is 12.1 Å². The fourth-order valence-electron chi connectivity index (χ4n) is 2.50. The first-order valence-electron chi connectivity index (χ1n) is 8.15. The van der Waals surface area contributed by atoms with E-state index in [0.717, 1.165) is 33.9 Å². The lowest BCUT2D eigenvalue weighted by atomic mass is 10.1. The summed E-state index contributed by atoms with van der Waals surface area (Å²) in [5.74, 6) is 0.631. The number of ether oxygens (including phenoxy) is 1. The van der Waals surface area contributed by atoms with Crippen molar-refractivity contribution in [3.8, 4) is 5.75 Å². The predicted octanol–water partition coefficient (Wildman–Crippen LogP) is 2.05. The van der Waals surface area contributed by atoms with E-state index in [1.807, 2.05) is 31.3 Å². The Bertz CT molecular complexity index is 713. The van der Waals surface area contributed by atoms with Crippen molar-refractivity contribution in [2.45, 2.75) is 19.3 Å². The molecule has 0 spiro atoms. The van der Waals surface area contributed by atoms with Gasteiger partial charge in [0.1, 0.15) is 12.3 Å². The second-order valence-electron chi connectivity index (χ2n) is 6.13. The Kier molecular flexibility index (Phi) is 6.63. The molecule has 140 valence electrons. The highest BCUT2D eigenvalue weighted by Gasteiger charge is 2.30. The van der Waals surface area contributed by atoms with E-state index in [1.54, 1.807) is 7.11 Å². The van der Waals surface area contributed by atoms with Crippen LogP contribution in [-0.4, -0.2) is 26.6 Å². The minimum absolute atomic E-state index is 0.120. The Hall–Kier alpha value is -2.54. The first-order valence-corrected chi connectivity index (χ1v) is 8.15. The van der Waals surface area contributed by atoms with Gasteiger partial charge in [-0.25, -0.2) is 0 Å². The molecular weight excluding hydrogens is 345 g/mol. The number of amides is 1. The third kappa shape index (κ3) is 6.07. The van der Waals surface area contributed by atoms with Crippen molar-refractivity contribution in [3.63, 3.8) is 0 Å². The molecule has 1 amide bonds. The molecule has 2 aromatic carbocycles. The number of methoxy groups -OCH3 is 1. The summed E-state index contributed by atoms with van der Waals surface area (Å²) in [7, 11) is 3.41. The van der Waals surface area contributed by atoms with Crippen LogP contribution in [0.1, 0.15) is 16.7 Å². The summed E-state index contributed by atoms with van der Waals surface area (Å²) in [4.78, 5) is 12.9. The van der Waals surface area contributed by atoms with Crippen LogP contribution in [0.2, 0.25) is 0 Å². The molecule has 0 aliphatic carbocycles. The molecule has 4 nitrogen and oxygen atoms in total. The van der Waals surface area contributed by atoms with Gasteiger partial charge in [-0.2, -0.15) is 13.2 Å². The molecule has 0 aliphatic heterocycles. The maximum Gasteiger partial charge on any atom is 0.416 e. The maximum absolute atomic E-state index is 12.6. The molecule has 7 heteroatoms. The van der Waals surface area contributed by atoms with Gasteiger partial charge in [0, 0.05) is 12.1 Å². The number of carbonyl (C=O) groups excluding carboxylic acids is 1. The highest BCUT2D eigenvalue weighted by molar-refractivity contribution is 5.76. The Morgan fingerprint density at radius 1 is 1.04 bits per heavy atom. The van der Waals surface area contributed by atoms with E-state index in [2.05, 4.69) is 5.32 Å². The molecule has 0 saturated heterocycles. The van der Waals surface area contributed by atoms with Crippen molar-refractivity contribution in [3.05, 3.63) is 65.2 Å². The number of rotatable bonds is 7. The maximum atomic E-state index is 12.6. The summed E-state index contributed by atoms with van der Waals surface area (Å²) < 4.78 is 42.7. The summed E-state index contributed by atoms with van der Waals surface area (Å²) in [6.45, 7) is 1.11. The standard InChI is InChI=1S/C19H21F3N2O2/c1-24(12-15-3-7-16(8-4-15)19(20,21)22)13-18(25)23-11-14-5-9-17(26-2)10-6-14/h3-10H,11-13H2,1-2H3,(H,23,25)/p+1. The highest BCUT2D eigenvalue weighted by Crippen LogP contribution is 2.28. The van der Waals surface area contributed by atoms with Crippen molar-refractivity contribution < 1.29 is 27.6 Å². The number of nitrogens with one attached hydrogen (secondary N) is 2. The van der Waals surface area contributed by atoms with Crippen LogP contribution in [0.15, 0.2) is 48.5 Å². The molecule has 0 bridgehead atoms. The topological polar surface area (TPSA) is 42.8 Å². The van der Waals surface area contributed by atoms with Crippen molar-refractivity contribution in [1.82, 2.24) is 5.32 Å². The monoisotopic (exact) mass is 367 g/mol. The number of quaternary nitrogens is 1. The molecule has 2 N–H and O–H groups in total. The SMILES string of the molecule is COc1ccc(CNC(=O)C[NH+](C)Cc2ccc(C(F)(F)F)cc2)cc1. The minimum atomic E-state index is -4.33. The van der Waals surface area contributed by atoms with Crippen LogP contribution in [-0.2, 0) is 24.1 Å². The molecule has 0 aliphatic rings. The van der Waals surface area contributed by atoms with E-state index in [-0.39, 0.29) is 12.5 Å². The molecule has 0 aromatic heterocycles. The van der Waals surface area contributed by atoms with Crippen molar-refractivity contribution in [2.24, 2.45) is 0 Å². The van der Waals surface area contributed by atoms with Crippen LogP contribution in [0.4, 0.5) is 13.2 Å². The normalized spacial score (nSPS) is 12.5. The Balaban J connectivity index is 1.79. The lowest BCUT2D eigenvalue weighted by Crippen LogP contribution is -3.08. The number of benzene rings is 2. The number of alkyl halides is 3. The van der Waals surface area contributed by atoms with E-state index in [9.17, 15) is 18.0 Å². The van der Waals surface area contributed by atoms with Crippen LogP contribution in [0.3, 0.4) is 0 Å². The minimum Gasteiger partial charge on any atom is -0.497 e. The van der Waals surface area contributed by atoms with E-state index < -0.39 is 11.7 Å². The molecule has 0 fully saturated rings. The van der Waals surface area contributed by atoms with Gasteiger partial charge in [-0.3, -0.25) is 4.79 Å². The average molecular weight is 367 g/mol. The first-order chi connectivity index (χ1) is 12.3. The highest BCUT2D eigenvalue weighted by atomic mass is 19.4. The smallest absolute Gasteiger partial charge is 0.416 e. The van der Waals surface area contributed by atoms with E-state index >= 15 is 0 Å². The zero-order chi connectivity index (χ0) is 19.2. The number of carbonyl (C=O) groups is 1.